The van der Waals surface area contributed by atoms with E-state index in [1.165, 1.54) is 9.58 Å². The Morgan fingerprint density at radius 1 is 1.05 bits per heavy atom. The van der Waals surface area contributed by atoms with Gasteiger partial charge in [0, 0.05) is 18.0 Å². The van der Waals surface area contributed by atoms with Gasteiger partial charge in [-0.05, 0) is 26.0 Å². The van der Waals surface area contributed by atoms with Crippen LogP contribution in [0.15, 0.2) is 24.3 Å². The summed E-state index contributed by atoms with van der Waals surface area (Å²) in [5.74, 6) is 0. The lowest BCUT2D eigenvalue weighted by atomic mass is 10.3. The number of hydrogen-bond acceptors (Lipinski definition) is 5. The van der Waals surface area contributed by atoms with Crippen LogP contribution in [0.5, 0.6) is 0 Å². The topological polar surface area (TPSA) is 37.8 Å². The van der Waals surface area contributed by atoms with E-state index in [0.717, 1.165) is 34.3 Å². The van der Waals surface area contributed by atoms with E-state index in [2.05, 4.69) is 47.3 Å². The zero-order chi connectivity index (χ0) is 13.2. The number of nitrogens with zero attached hydrogens (tertiary/aromatic N) is 2. The third kappa shape index (κ3) is 2.83. The minimum Gasteiger partial charge on any atom is -0.305 e. The van der Waals surface area contributed by atoms with Crippen LogP contribution in [0.2, 0.25) is 0 Å². The summed E-state index contributed by atoms with van der Waals surface area (Å²) in [6.45, 7) is 5.80. The molecule has 1 N–H and O–H groups in total. The maximum Gasteiger partial charge on any atom is 0.108 e. The van der Waals surface area contributed by atoms with Gasteiger partial charge in [0.05, 0.1) is 20.9 Å². The molecular weight excluding hydrogens is 274 g/mol. The summed E-state index contributed by atoms with van der Waals surface area (Å²) in [5, 5.41) is 5.72. The Morgan fingerprint density at radius 3 is 2.63 bits per heavy atom. The highest BCUT2D eigenvalue weighted by molar-refractivity contribution is 7.18. The quantitative estimate of drug-likeness (QED) is 0.796. The molecule has 0 radical (unpaired) electrons. The summed E-state index contributed by atoms with van der Waals surface area (Å²) in [5.41, 5.74) is 2.23. The van der Waals surface area contributed by atoms with Gasteiger partial charge in [0.1, 0.15) is 5.01 Å². The first kappa shape index (κ1) is 12.7. The maximum atomic E-state index is 4.62. The second kappa shape index (κ2) is 5.36. The van der Waals surface area contributed by atoms with Crippen molar-refractivity contribution in [2.24, 2.45) is 0 Å². The molecular formula is C14H15N3S2. The Hall–Kier alpha value is -1.30. The summed E-state index contributed by atoms with van der Waals surface area (Å²) in [4.78, 5) is 10.4. The smallest absolute Gasteiger partial charge is 0.108 e. The molecule has 0 saturated heterocycles. The standard InChI is InChI=1S/C14H15N3S2/c1-9-13(18-10(2)16-9)7-15-8-14-17-11-5-3-4-6-12(11)19-14/h3-6,15H,7-8H2,1-2H3. The van der Waals surface area contributed by atoms with Crippen LogP contribution in [-0.2, 0) is 13.1 Å². The first-order chi connectivity index (χ1) is 9.22. The Morgan fingerprint density at radius 2 is 1.89 bits per heavy atom. The van der Waals surface area contributed by atoms with Crippen LogP contribution >= 0.6 is 22.7 Å². The minimum atomic E-state index is 0.815. The van der Waals surface area contributed by atoms with Gasteiger partial charge < -0.3 is 5.32 Å². The van der Waals surface area contributed by atoms with Crippen LogP contribution in [0.4, 0.5) is 0 Å². The zero-order valence-corrected chi connectivity index (χ0v) is 12.6. The summed E-state index contributed by atoms with van der Waals surface area (Å²) < 4.78 is 1.25. The molecule has 0 saturated carbocycles. The molecule has 0 bridgehead atoms. The molecule has 3 rings (SSSR count). The number of rotatable bonds is 4. The van der Waals surface area contributed by atoms with E-state index < -0.39 is 0 Å². The Kier molecular flexibility index (Phi) is 3.59. The zero-order valence-electron chi connectivity index (χ0n) is 10.9. The normalized spacial score (nSPS) is 11.3. The van der Waals surface area contributed by atoms with Crippen molar-refractivity contribution in [2.45, 2.75) is 26.9 Å². The van der Waals surface area contributed by atoms with Gasteiger partial charge in [0.2, 0.25) is 0 Å². The molecule has 0 unspecified atom stereocenters. The molecule has 2 heterocycles. The molecule has 0 aliphatic heterocycles. The van der Waals surface area contributed by atoms with E-state index in [-0.39, 0.29) is 0 Å². The Bertz CT molecular complexity index is 667. The largest absolute Gasteiger partial charge is 0.305 e. The van der Waals surface area contributed by atoms with Crippen molar-refractivity contribution in [1.29, 1.82) is 0 Å². The van der Waals surface area contributed by atoms with Crippen LogP contribution in [0.25, 0.3) is 10.2 Å². The Balaban J connectivity index is 1.64. The molecule has 0 atom stereocenters. The molecule has 0 aliphatic rings. The predicted molar refractivity (Wildman–Crippen MR) is 81.8 cm³/mol. The number of aromatic nitrogens is 2. The predicted octanol–water partition coefficient (Wildman–Crippen LogP) is 3.66. The molecule has 2 aromatic heterocycles. The van der Waals surface area contributed by atoms with Crippen molar-refractivity contribution in [3.63, 3.8) is 0 Å². The fraction of sp³-hybridized carbons (Fsp3) is 0.286. The lowest BCUT2D eigenvalue weighted by Crippen LogP contribution is -2.12. The third-order valence-electron chi connectivity index (χ3n) is 2.90. The van der Waals surface area contributed by atoms with Crippen LogP contribution in [0, 0.1) is 13.8 Å². The van der Waals surface area contributed by atoms with Crippen molar-refractivity contribution < 1.29 is 0 Å². The van der Waals surface area contributed by atoms with Gasteiger partial charge in [-0.25, -0.2) is 9.97 Å². The molecule has 0 amide bonds. The molecule has 5 heteroatoms. The van der Waals surface area contributed by atoms with E-state index in [4.69, 9.17) is 0 Å². The second-order valence-corrected chi connectivity index (χ2v) is 6.82. The number of fused-ring (bicyclic) bond motifs is 1. The van der Waals surface area contributed by atoms with E-state index in [1.807, 2.05) is 6.07 Å². The van der Waals surface area contributed by atoms with Gasteiger partial charge in [-0.2, -0.15) is 0 Å². The number of para-hydroxylation sites is 1. The SMILES string of the molecule is Cc1nc(C)c(CNCc2nc3ccccc3s2)s1. The lowest BCUT2D eigenvalue weighted by molar-refractivity contribution is 0.694. The lowest BCUT2D eigenvalue weighted by Gasteiger charge is -2.00. The van der Waals surface area contributed by atoms with Gasteiger partial charge >= 0.3 is 0 Å². The fourth-order valence-corrected chi connectivity index (χ4v) is 3.86. The Labute approximate surface area is 120 Å². The van der Waals surface area contributed by atoms with Gasteiger partial charge in [-0.3, -0.25) is 0 Å². The minimum absolute atomic E-state index is 0.815. The van der Waals surface area contributed by atoms with Crippen molar-refractivity contribution >= 4 is 32.9 Å². The molecule has 1 aromatic carbocycles. The monoisotopic (exact) mass is 289 g/mol. The molecule has 0 fully saturated rings. The van der Waals surface area contributed by atoms with Gasteiger partial charge in [0.15, 0.2) is 0 Å². The van der Waals surface area contributed by atoms with Crippen molar-refractivity contribution in [3.05, 3.63) is 44.9 Å². The molecule has 3 nitrogen and oxygen atoms in total. The van der Waals surface area contributed by atoms with Crippen molar-refractivity contribution in [3.8, 4) is 0 Å². The van der Waals surface area contributed by atoms with Crippen molar-refractivity contribution in [1.82, 2.24) is 15.3 Å². The molecule has 3 aromatic rings. The summed E-state index contributed by atoms with van der Waals surface area (Å²) in [6, 6.07) is 8.27. The average molecular weight is 289 g/mol. The average Bonchev–Trinajstić information content (AvgIpc) is 2.92. The second-order valence-electron chi connectivity index (χ2n) is 4.42. The van der Waals surface area contributed by atoms with E-state index in [1.54, 1.807) is 22.7 Å². The first-order valence-electron chi connectivity index (χ1n) is 6.20. The van der Waals surface area contributed by atoms with Gasteiger partial charge in [-0.15, -0.1) is 22.7 Å². The summed E-state index contributed by atoms with van der Waals surface area (Å²) in [7, 11) is 0. The van der Waals surface area contributed by atoms with E-state index in [0.29, 0.717) is 0 Å². The summed E-state index contributed by atoms with van der Waals surface area (Å²) in [6.07, 6.45) is 0. The molecule has 0 spiro atoms. The number of nitrogens with one attached hydrogen (secondary N) is 1. The number of hydrogen-bond donors (Lipinski definition) is 1. The highest BCUT2D eigenvalue weighted by Crippen LogP contribution is 2.22. The first-order valence-corrected chi connectivity index (χ1v) is 7.84. The van der Waals surface area contributed by atoms with Crippen molar-refractivity contribution in [2.75, 3.05) is 0 Å². The van der Waals surface area contributed by atoms with Crippen LogP contribution in [0.3, 0.4) is 0 Å². The molecule has 98 valence electrons. The highest BCUT2D eigenvalue weighted by atomic mass is 32.1. The highest BCUT2D eigenvalue weighted by Gasteiger charge is 2.06. The summed E-state index contributed by atoms with van der Waals surface area (Å²) >= 11 is 3.52. The van der Waals surface area contributed by atoms with E-state index in [9.17, 15) is 0 Å². The van der Waals surface area contributed by atoms with Crippen LogP contribution in [0.1, 0.15) is 20.6 Å². The number of thiazole rings is 2. The fourth-order valence-electron chi connectivity index (χ4n) is 2.02. The van der Waals surface area contributed by atoms with E-state index >= 15 is 0 Å². The maximum absolute atomic E-state index is 4.62. The number of benzene rings is 1. The van der Waals surface area contributed by atoms with Crippen LogP contribution in [-0.4, -0.2) is 9.97 Å². The third-order valence-corrected chi connectivity index (χ3v) is 5.01. The molecule has 19 heavy (non-hydrogen) atoms. The molecule has 0 aliphatic carbocycles. The van der Waals surface area contributed by atoms with Gasteiger partial charge in [-0.1, -0.05) is 12.1 Å². The van der Waals surface area contributed by atoms with Crippen LogP contribution < -0.4 is 5.32 Å². The number of aryl methyl sites for hydroxylation is 2. The van der Waals surface area contributed by atoms with Gasteiger partial charge in [0.25, 0.3) is 0 Å².